The second-order valence-corrected chi connectivity index (χ2v) is 7.81. The van der Waals surface area contributed by atoms with Crippen LogP contribution in [-0.2, 0) is 21.7 Å². The van der Waals surface area contributed by atoms with Gasteiger partial charge >= 0.3 is 6.18 Å². The number of hydrogen-bond acceptors (Lipinski definition) is 5. The zero-order valence-electron chi connectivity index (χ0n) is 17.5. The number of carbonyl (C=O) groups excluding carboxylic acids is 1. The number of alkyl halides is 3. The summed E-state index contributed by atoms with van der Waals surface area (Å²) in [6.07, 6.45) is -2.30. The van der Waals surface area contributed by atoms with Gasteiger partial charge in [0.2, 0.25) is 5.91 Å². The number of carbonyl (C=O) groups is 1. The minimum absolute atomic E-state index is 0.0141. The van der Waals surface area contributed by atoms with E-state index >= 15 is 0 Å². The molecule has 3 rings (SSSR count). The van der Waals surface area contributed by atoms with Gasteiger partial charge in [0.1, 0.15) is 5.75 Å². The fourth-order valence-corrected chi connectivity index (χ4v) is 3.31. The third kappa shape index (κ3) is 6.19. The summed E-state index contributed by atoms with van der Waals surface area (Å²) in [5, 5.41) is 6.85. The topological polar surface area (TPSA) is 72.8 Å². The third-order valence-electron chi connectivity index (χ3n) is 4.91. The SMILES string of the molecule is CC1=NOC(C)(c2ccc(CC(=O)N[C@H](C)c3ccc(OCC(F)(F)F)cn3)cc2)C1. The monoisotopic (exact) mass is 435 g/mol. The summed E-state index contributed by atoms with van der Waals surface area (Å²) < 4.78 is 41.2. The molecule has 1 aromatic heterocycles. The first-order valence-corrected chi connectivity index (χ1v) is 9.80. The van der Waals surface area contributed by atoms with Crippen LogP contribution in [0, 0.1) is 0 Å². The highest BCUT2D eigenvalue weighted by atomic mass is 19.4. The zero-order valence-corrected chi connectivity index (χ0v) is 17.5. The van der Waals surface area contributed by atoms with Crippen molar-refractivity contribution in [1.82, 2.24) is 10.3 Å². The third-order valence-corrected chi connectivity index (χ3v) is 4.91. The Bertz CT molecular complexity index is 943. The van der Waals surface area contributed by atoms with Crippen molar-refractivity contribution in [2.24, 2.45) is 5.16 Å². The average molecular weight is 435 g/mol. The molecule has 1 unspecified atom stereocenters. The number of nitrogens with zero attached hydrogens (tertiary/aromatic N) is 2. The summed E-state index contributed by atoms with van der Waals surface area (Å²) >= 11 is 0. The Morgan fingerprint density at radius 3 is 2.52 bits per heavy atom. The molecule has 1 aromatic carbocycles. The van der Waals surface area contributed by atoms with E-state index in [4.69, 9.17) is 4.84 Å². The molecule has 0 aliphatic carbocycles. The molecule has 2 aromatic rings. The summed E-state index contributed by atoms with van der Waals surface area (Å²) in [6, 6.07) is 10.1. The number of halogens is 3. The molecule has 1 aliphatic rings. The number of aromatic nitrogens is 1. The lowest BCUT2D eigenvalue weighted by molar-refractivity contribution is -0.153. The Hall–Kier alpha value is -3.10. The highest BCUT2D eigenvalue weighted by Gasteiger charge is 2.34. The predicted octanol–water partition coefficient (Wildman–Crippen LogP) is 4.45. The van der Waals surface area contributed by atoms with Crippen molar-refractivity contribution >= 4 is 11.6 Å². The van der Waals surface area contributed by atoms with E-state index in [0.29, 0.717) is 5.69 Å². The maximum Gasteiger partial charge on any atom is 0.422 e. The Morgan fingerprint density at radius 1 is 1.26 bits per heavy atom. The molecule has 0 spiro atoms. The molecule has 166 valence electrons. The van der Waals surface area contributed by atoms with E-state index < -0.39 is 24.4 Å². The highest BCUT2D eigenvalue weighted by Crippen LogP contribution is 2.34. The predicted molar refractivity (Wildman–Crippen MR) is 109 cm³/mol. The van der Waals surface area contributed by atoms with Gasteiger partial charge < -0.3 is 14.9 Å². The van der Waals surface area contributed by atoms with Crippen LogP contribution in [0.3, 0.4) is 0 Å². The van der Waals surface area contributed by atoms with Gasteiger partial charge in [-0.3, -0.25) is 9.78 Å². The largest absolute Gasteiger partial charge is 0.483 e. The smallest absolute Gasteiger partial charge is 0.422 e. The number of oxime groups is 1. The van der Waals surface area contributed by atoms with Crippen molar-refractivity contribution in [1.29, 1.82) is 0 Å². The van der Waals surface area contributed by atoms with E-state index in [2.05, 4.69) is 20.2 Å². The summed E-state index contributed by atoms with van der Waals surface area (Å²) in [5.74, 6) is -0.179. The molecule has 0 fully saturated rings. The molecule has 1 amide bonds. The molecule has 9 heteroatoms. The molecule has 1 N–H and O–H groups in total. The summed E-state index contributed by atoms with van der Waals surface area (Å²) in [5.41, 5.74) is 2.80. The minimum Gasteiger partial charge on any atom is -0.483 e. The maximum atomic E-state index is 12.4. The van der Waals surface area contributed by atoms with Gasteiger partial charge in [-0.25, -0.2) is 0 Å². The lowest BCUT2D eigenvalue weighted by Gasteiger charge is -2.22. The number of ether oxygens (including phenoxy) is 1. The van der Waals surface area contributed by atoms with Gasteiger partial charge in [0.25, 0.3) is 0 Å². The molecule has 0 saturated heterocycles. The van der Waals surface area contributed by atoms with Crippen molar-refractivity contribution in [2.45, 2.75) is 51.4 Å². The van der Waals surface area contributed by atoms with E-state index in [1.165, 1.54) is 18.3 Å². The summed E-state index contributed by atoms with van der Waals surface area (Å²) in [4.78, 5) is 22.0. The molecular weight excluding hydrogens is 411 g/mol. The van der Waals surface area contributed by atoms with E-state index in [1.54, 1.807) is 6.92 Å². The van der Waals surface area contributed by atoms with Gasteiger partial charge in [0.15, 0.2) is 12.2 Å². The quantitative estimate of drug-likeness (QED) is 0.697. The zero-order chi connectivity index (χ0) is 22.6. The molecule has 0 bridgehead atoms. The fourth-order valence-electron chi connectivity index (χ4n) is 3.31. The van der Waals surface area contributed by atoms with E-state index in [1.807, 2.05) is 38.1 Å². The van der Waals surface area contributed by atoms with Gasteiger partial charge in [0.05, 0.1) is 30.1 Å². The van der Waals surface area contributed by atoms with E-state index in [9.17, 15) is 18.0 Å². The van der Waals surface area contributed by atoms with Crippen LogP contribution in [0.15, 0.2) is 47.8 Å². The molecule has 31 heavy (non-hydrogen) atoms. The van der Waals surface area contributed by atoms with Crippen LogP contribution in [0.1, 0.15) is 50.1 Å². The first kappa shape index (κ1) is 22.6. The molecule has 6 nitrogen and oxygen atoms in total. The maximum absolute atomic E-state index is 12.4. The van der Waals surface area contributed by atoms with Crippen LogP contribution in [0.25, 0.3) is 0 Å². The van der Waals surface area contributed by atoms with E-state index in [-0.39, 0.29) is 18.1 Å². The number of hydrogen-bond donors (Lipinski definition) is 1. The first-order valence-electron chi connectivity index (χ1n) is 9.80. The van der Waals surface area contributed by atoms with Crippen LogP contribution in [-0.4, -0.2) is 29.4 Å². The highest BCUT2D eigenvalue weighted by molar-refractivity contribution is 5.83. The Morgan fingerprint density at radius 2 is 1.97 bits per heavy atom. The lowest BCUT2D eigenvalue weighted by Crippen LogP contribution is -2.28. The molecule has 0 radical (unpaired) electrons. The van der Waals surface area contributed by atoms with Crippen molar-refractivity contribution in [2.75, 3.05) is 6.61 Å². The Labute approximate surface area is 178 Å². The van der Waals surface area contributed by atoms with Crippen LogP contribution in [0.2, 0.25) is 0 Å². The van der Waals surface area contributed by atoms with Gasteiger partial charge in [-0.1, -0.05) is 29.4 Å². The van der Waals surface area contributed by atoms with E-state index in [0.717, 1.165) is 23.3 Å². The summed E-state index contributed by atoms with van der Waals surface area (Å²) in [7, 11) is 0. The lowest BCUT2D eigenvalue weighted by atomic mass is 9.90. The van der Waals surface area contributed by atoms with Crippen molar-refractivity contribution in [3.8, 4) is 5.75 Å². The number of benzene rings is 1. The standard InChI is InChI=1S/C22H24F3N3O3/c1-14-11-21(3,31-28-14)17-6-4-16(5-7-17)10-20(29)27-15(2)19-9-8-18(12-26-19)30-13-22(23,24)25/h4-9,12,15H,10-11,13H2,1-3H3,(H,27,29)/t15-,21?/m1/s1. The van der Waals surface area contributed by atoms with Crippen LogP contribution >= 0.6 is 0 Å². The molecule has 1 aliphatic heterocycles. The van der Waals surface area contributed by atoms with Crippen molar-refractivity contribution < 1.29 is 27.5 Å². The summed E-state index contributed by atoms with van der Waals surface area (Å²) in [6.45, 7) is 4.27. The second-order valence-electron chi connectivity index (χ2n) is 7.81. The number of pyridine rings is 1. The fraction of sp³-hybridized carbons (Fsp3) is 0.409. The van der Waals surface area contributed by atoms with Crippen LogP contribution in [0.5, 0.6) is 5.75 Å². The number of nitrogens with one attached hydrogen (secondary N) is 1. The van der Waals surface area contributed by atoms with Crippen LogP contribution in [0.4, 0.5) is 13.2 Å². The van der Waals surface area contributed by atoms with Gasteiger partial charge in [-0.15, -0.1) is 0 Å². The van der Waals surface area contributed by atoms with Gasteiger partial charge in [-0.2, -0.15) is 13.2 Å². The second kappa shape index (κ2) is 8.95. The minimum atomic E-state index is -4.41. The normalized spacial score (nSPS) is 19.4. The molecule has 2 atom stereocenters. The van der Waals surface area contributed by atoms with Crippen LogP contribution < -0.4 is 10.1 Å². The number of rotatable bonds is 7. The van der Waals surface area contributed by atoms with Gasteiger partial charge in [-0.05, 0) is 44.0 Å². The average Bonchev–Trinajstić information content (AvgIpc) is 3.06. The van der Waals surface area contributed by atoms with Crippen molar-refractivity contribution in [3.05, 3.63) is 59.4 Å². The molecule has 0 saturated carbocycles. The van der Waals surface area contributed by atoms with Crippen molar-refractivity contribution in [3.63, 3.8) is 0 Å². The number of amides is 1. The Balaban J connectivity index is 1.52. The Kier molecular flexibility index (Phi) is 6.52. The molecular formula is C22H24F3N3O3. The molecule has 2 heterocycles. The first-order chi connectivity index (χ1) is 14.5. The van der Waals surface area contributed by atoms with Gasteiger partial charge in [0, 0.05) is 6.42 Å².